The Balaban J connectivity index is 4.79. The topological polar surface area (TPSA) is 69.6 Å². The minimum absolute atomic E-state index is 0.0271. The summed E-state index contributed by atoms with van der Waals surface area (Å²) in [7, 11) is 0. The number of carboxylic acids is 1. The van der Waals surface area contributed by atoms with E-state index in [1.54, 1.807) is 0 Å². The molecule has 0 fully saturated rings. The van der Waals surface area contributed by atoms with Gasteiger partial charge in [0.05, 0.1) is 6.42 Å². The fourth-order valence-electron chi connectivity index (χ4n) is 2.29. The van der Waals surface area contributed by atoms with E-state index in [1.807, 2.05) is 11.8 Å². The third kappa shape index (κ3) is 6.78. The minimum Gasteiger partial charge on any atom is -0.481 e. The van der Waals surface area contributed by atoms with Crippen molar-refractivity contribution in [3.8, 4) is 0 Å². The smallest absolute Gasteiger partial charge is 0.317 e. The average Bonchev–Trinajstić information content (AvgIpc) is 2.37. The molecular formula is C15H30N2O3. The van der Waals surface area contributed by atoms with Crippen molar-refractivity contribution in [3.05, 3.63) is 0 Å². The molecule has 5 nitrogen and oxygen atoms in total. The van der Waals surface area contributed by atoms with Crippen LogP contribution in [0.4, 0.5) is 4.79 Å². The standard InChI is InChI=1S/C15H30N2O3/c1-6-12(9-14(18)19)16-15(20)17(10-11(4)5)13(7-2)8-3/h11-13H,6-10H2,1-5H3,(H,16,20)(H,18,19). The molecule has 118 valence electrons. The Bertz CT molecular complexity index is 301. The molecule has 1 atom stereocenters. The van der Waals surface area contributed by atoms with Crippen LogP contribution in [-0.4, -0.2) is 40.6 Å². The molecule has 0 aromatic rings. The van der Waals surface area contributed by atoms with Crippen molar-refractivity contribution in [1.82, 2.24) is 10.2 Å². The summed E-state index contributed by atoms with van der Waals surface area (Å²) in [5.74, 6) is -0.490. The Morgan fingerprint density at radius 2 is 1.65 bits per heavy atom. The third-order valence-corrected chi connectivity index (χ3v) is 3.45. The quantitative estimate of drug-likeness (QED) is 0.684. The first kappa shape index (κ1) is 18.7. The van der Waals surface area contributed by atoms with Gasteiger partial charge < -0.3 is 15.3 Å². The molecule has 0 bridgehead atoms. The summed E-state index contributed by atoms with van der Waals surface area (Å²) < 4.78 is 0. The summed E-state index contributed by atoms with van der Waals surface area (Å²) >= 11 is 0. The lowest BCUT2D eigenvalue weighted by molar-refractivity contribution is -0.137. The van der Waals surface area contributed by atoms with Gasteiger partial charge in [-0.05, 0) is 25.2 Å². The molecule has 0 heterocycles. The first-order valence-corrected chi connectivity index (χ1v) is 7.64. The van der Waals surface area contributed by atoms with Gasteiger partial charge in [0.15, 0.2) is 0 Å². The lowest BCUT2D eigenvalue weighted by Crippen LogP contribution is -2.50. The van der Waals surface area contributed by atoms with Gasteiger partial charge in [0.2, 0.25) is 0 Å². The molecule has 0 aliphatic heterocycles. The number of hydrogen-bond acceptors (Lipinski definition) is 2. The van der Waals surface area contributed by atoms with Crippen LogP contribution >= 0.6 is 0 Å². The molecule has 0 aliphatic rings. The van der Waals surface area contributed by atoms with E-state index >= 15 is 0 Å². The summed E-state index contributed by atoms with van der Waals surface area (Å²) in [6.45, 7) is 10.9. The van der Waals surface area contributed by atoms with Gasteiger partial charge in [-0.1, -0.05) is 34.6 Å². The summed E-state index contributed by atoms with van der Waals surface area (Å²) in [5, 5.41) is 11.7. The van der Waals surface area contributed by atoms with E-state index in [4.69, 9.17) is 5.11 Å². The number of carbonyl (C=O) groups excluding carboxylic acids is 1. The van der Waals surface area contributed by atoms with Crippen molar-refractivity contribution in [3.63, 3.8) is 0 Å². The maximum absolute atomic E-state index is 12.4. The molecule has 0 radical (unpaired) electrons. The molecule has 0 aliphatic carbocycles. The largest absolute Gasteiger partial charge is 0.481 e. The molecule has 5 heteroatoms. The Kier molecular flexibility index (Phi) is 9.01. The number of carboxylic acid groups (broad SMARTS) is 1. The van der Waals surface area contributed by atoms with E-state index < -0.39 is 5.97 Å². The fourth-order valence-corrected chi connectivity index (χ4v) is 2.29. The molecule has 2 amide bonds. The van der Waals surface area contributed by atoms with Gasteiger partial charge in [-0.15, -0.1) is 0 Å². The van der Waals surface area contributed by atoms with Crippen molar-refractivity contribution in [2.45, 2.75) is 72.4 Å². The highest BCUT2D eigenvalue weighted by Gasteiger charge is 2.24. The summed E-state index contributed by atoms with van der Waals surface area (Å²) in [6, 6.07) is -0.232. The Morgan fingerprint density at radius 3 is 2.00 bits per heavy atom. The SMILES string of the molecule is CCC(CC(=O)O)NC(=O)N(CC(C)C)C(CC)CC. The maximum Gasteiger partial charge on any atom is 0.317 e. The zero-order chi connectivity index (χ0) is 15.7. The van der Waals surface area contributed by atoms with Gasteiger partial charge in [-0.3, -0.25) is 4.79 Å². The maximum atomic E-state index is 12.4. The first-order chi connectivity index (χ1) is 9.35. The van der Waals surface area contributed by atoms with E-state index in [1.165, 1.54) is 0 Å². The first-order valence-electron chi connectivity index (χ1n) is 7.64. The third-order valence-electron chi connectivity index (χ3n) is 3.45. The summed E-state index contributed by atoms with van der Waals surface area (Å²) in [6.07, 6.45) is 2.41. The van der Waals surface area contributed by atoms with Crippen LogP contribution in [0.3, 0.4) is 0 Å². The Morgan fingerprint density at radius 1 is 1.10 bits per heavy atom. The number of rotatable bonds is 9. The minimum atomic E-state index is -0.880. The second kappa shape index (κ2) is 9.61. The van der Waals surface area contributed by atoms with Gasteiger partial charge in [0, 0.05) is 18.6 Å². The number of nitrogens with zero attached hydrogens (tertiary/aromatic N) is 1. The van der Waals surface area contributed by atoms with Gasteiger partial charge in [0.1, 0.15) is 0 Å². The molecule has 0 spiro atoms. The zero-order valence-electron chi connectivity index (χ0n) is 13.5. The fraction of sp³-hybridized carbons (Fsp3) is 0.867. The van der Waals surface area contributed by atoms with E-state index in [-0.39, 0.29) is 24.5 Å². The van der Waals surface area contributed by atoms with Crippen LogP contribution < -0.4 is 5.32 Å². The van der Waals surface area contributed by atoms with Crippen molar-refractivity contribution in [2.24, 2.45) is 5.92 Å². The number of amides is 2. The molecule has 1 unspecified atom stereocenters. The van der Waals surface area contributed by atoms with Gasteiger partial charge >= 0.3 is 12.0 Å². The second-order valence-corrected chi connectivity index (χ2v) is 5.67. The van der Waals surface area contributed by atoms with Gasteiger partial charge in [-0.2, -0.15) is 0 Å². The normalized spacial score (nSPS) is 12.6. The van der Waals surface area contributed by atoms with Crippen LogP contribution in [0.1, 0.15) is 60.3 Å². The Hall–Kier alpha value is -1.26. The molecule has 0 rings (SSSR count). The van der Waals surface area contributed by atoms with Crippen LogP contribution in [0.15, 0.2) is 0 Å². The monoisotopic (exact) mass is 286 g/mol. The van der Waals surface area contributed by atoms with Crippen molar-refractivity contribution < 1.29 is 14.7 Å². The number of aliphatic carboxylic acids is 1. The van der Waals surface area contributed by atoms with Crippen LogP contribution in [0.5, 0.6) is 0 Å². The number of urea groups is 1. The predicted octanol–water partition coefficient (Wildman–Crippen LogP) is 3.10. The van der Waals surface area contributed by atoms with Crippen LogP contribution in [0.25, 0.3) is 0 Å². The van der Waals surface area contributed by atoms with Crippen molar-refractivity contribution >= 4 is 12.0 Å². The Labute approximate surface area is 122 Å². The zero-order valence-corrected chi connectivity index (χ0v) is 13.5. The van der Waals surface area contributed by atoms with Crippen LogP contribution in [0, 0.1) is 5.92 Å². The molecule has 0 aromatic carbocycles. The average molecular weight is 286 g/mol. The lowest BCUT2D eigenvalue weighted by atomic mass is 10.1. The number of nitrogens with one attached hydrogen (secondary N) is 1. The van der Waals surface area contributed by atoms with E-state index in [0.717, 1.165) is 12.8 Å². The van der Waals surface area contributed by atoms with Gasteiger partial charge in [0.25, 0.3) is 0 Å². The highest BCUT2D eigenvalue weighted by Crippen LogP contribution is 2.12. The summed E-state index contributed by atoms with van der Waals surface area (Å²) in [5.41, 5.74) is 0. The van der Waals surface area contributed by atoms with Crippen molar-refractivity contribution in [2.75, 3.05) is 6.54 Å². The summed E-state index contributed by atoms with van der Waals surface area (Å²) in [4.78, 5) is 25.0. The van der Waals surface area contributed by atoms with Crippen molar-refractivity contribution in [1.29, 1.82) is 0 Å². The molecule has 0 saturated carbocycles. The van der Waals surface area contributed by atoms with Gasteiger partial charge in [-0.25, -0.2) is 4.79 Å². The highest BCUT2D eigenvalue weighted by molar-refractivity contribution is 5.76. The van der Waals surface area contributed by atoms with E-state index in [2.05, 4.69) is 33.0 Å². The number of hydrogen-bond donors (Lipinski definition) is 2. The second-order valence-electron chi connectivity index (χ2n) is 5.67. The molecule has 20 heavy (non-hydrogen) atoms. The molecular weight excluding hydrogens is 256 g/mol. The predicted molar refractivity (Wildman–Crippen MR) is 80.8 cm³/mol. The number of carbonyl (C=O) groups is 2. The lowest BCUT2D eigenvalue weighted by Gasteiger charge is -2.33. The van der Waals surface area contributed by atoms with Crippen LogP contribution in [-0.2, 0) is 4.79 Å². The highest BCUT2D eigenvalue weighted by atomic mass is 16.4. The van der Waals surface area contributed by atoms with Crippen LogP contribution in [0.2, 0.25) is 0 Å². The van der Waals surface area contributed by atoms with E-state index in [0.29, 0.717) is 18.9 Å². The molecule has 0 saturated heterocycles. The van der Waals surface area contributed by atoms with E-state index in [9.17, 15) is 9.59 Å². The molecule has 2 N–H and O–H groups in total. The molecule has 0 aromatic heterocycles.